The topological polar surface area (TPSA) is 64.2 Å². The van der Waals surface area contributed by atoms with Crippen LogP contribution in [0.2, 0.25) is 5.02 Å². The highest BCUT2D eigenvalue weighted by molar-refractivity contribution is 6.31. The molecule has 5 nitrogen and oxygen atoms in total. The van der Waals surface area contributed by atoms with Gasteiger partial charge in [-0.15, -0.1) is 0 Å². The van der Waals surface area contributed by atoms with Gasteiger partial charge in [-0.05, 0) is 48.5 Å². The summed E-state index contributed by atoms with van der Waals surface area (Å²) in [5.41, 5.74) is 9.02. The van der Waals surface area contributed by atoms with Crippen LogP contribution in [0.5, 0.6) is 0 Å². The van der Waals surface area contributed by atoms with E-state index in [0.717, 1.165) is 22.4 Å². The van der Waals surface area contributed by atoms with Gasteiger partial charge in [0.2, 0.25) is 5.91 Å². The van der Waals surface area contributed by atoms with Crippen LogP contribution in [0.3, 0.4) is 0 Å². The first kappa shape index (κ1) is 21.0. The number of fused-ring (bicyclic) bond motifs is 1. The van der Waals surface area contributed by atoms with Crippen LogP contribution in [0.4, 0.5) is 4.39 Å². The predicted molar refractivity (Wildman–Crippen MR) is 120 cm³/mol. The molecule has 0 saturated heterocycles. The Morgan fingerprint density at radius 2 is 1.90 bits per heavy atom. The molecular formula is C24H22ClFN4O. The molecule has 3 aromatic carbocycles. The molecule has 2 N–H and O–H groups in total. The fraction of sp³-hybridized carbons (Fsp3) is 0.167. The first-order valence-corrected chi connectivity index (χ1v) is 10.2. The first-order valence-electron chi connectivity index (χ1n) is 9.86. The van der Waals surface area contributed by atoms with Gasteiger partial charge in [-0.1, -0.05) is 54.1 Å². The minimum atomic E-state index is -0.788. The number of imidazole rings is 1. The van der Waals surface area contributed by atoms with Crippen molar-refractivity contribution < 1.29 is 9.18 Å². The van der Waals surface area contributed by atoms with Crippen LogP contribution >= 0.6 is 11.6 Å². The van der Waals surface area contributed by atoms with Crippen molar-refractivity contribution in [1.82, 2.24) is 14.5 Å². The van der Waals surface area contributed by atoms with Gasteiger partial charge in [0.25, 0.3) is 0 Å². The molecule has 0 saturated carbocycles. The van der Waals surface area contributed by atoms with Crippen LogP contribution in [0, 0.1) is 5.82 Å². The van der Waals surface area contributed by atoms with Crippen LogP contribution < -0.4 is 5.73 Å². The number of nitrogens with zero attached hydrogens (tertiary/aromatic N) is 3. The second-order valence-corrected chi connectivity index (χ2v) is 7.94. The number of primary amides is 1. The highest BCUT2D eigenvalue weighted by Crippen LogP contribution is 2.26. The van der Waals surface area contributed by atoms with Crippen LogP contribution in [0.1, 0.15) is 23.0 Å². The lowest BCUT2D eigenvalue weighted by Gasteiger charge is -2.26. The summed E-state index contributed by atoms with van der Waals surface area (Å²) >= 11 is 6.18. The third-order valence-electron chi connectivity index (χ3n) is 5.24. The monoisotopic (exact) mass is 436 g/mol. The second-order valence-electron chi connectivity index (χ2n) is 7.51. The normalized spacial score (nSPS) is 12.4. The van der Waals surface area contributed by atoms with E-state index in [-0.39, 0.29) is 0 Å². The van der Waals surface area contributed by atoms with Crippen LogP contribution in [-0.4, -0.2) is 27.4 Å². The molecule has 1 unspecified atom stereocenters. The molecule has 1 atom stereocenters. The number of nitrogens with two attached hydrogens (primary N) is 1. The maximum atomic E-state index is 13.8. The first-order chi connectivity index (χ1) is 14.9. The largest absolute Gasteiger partial charge is 0.368 e. The molecular weight excluding hydrogens is 415 g/mol. The molecule has 0 fully saturated rings. The zero-order valence-electron chi connectivity index (χ0n) is 17.0. The Morgan fingerprint density at radius 3 is 2.61 bits per heavy atom. The number of amides is 1. The number of benzene rings is 3. The van der Waals surface area contributed by atoms with Crippen molar-refractivity contribution in [3.8, 4) is 0 Å². The van der Waals surface area contributed by atoms with E-state index < -0.39 is 17.8 Å². The Kier molecular flexibility index (Phi) is 6.02. The van der Waals surface area contributed by atoms with Gasteiger partial charge in [0, 0.05) is 11.6 Å². The zero-order chi connectivity index (χ0) is 22.0. The Labute approximate surface area is 184 Å². The zero-order valence-corrected chi connectivity index (χ0v) is 17.8. The average molecular weight is 437 g/mol. The Morgan fingerprint density at radius 1 is 1.13 bits per heavy atom. The molecule has 0 aliphatic carbocycles. The van der Waals surface area contributed by atoms with Gasteiger partial charge in [-0.3, -0.25) is 9.69 Å². The Bertz CT molecular complexity index is 1220. The van der Waals surface area contributed by atoms with E-state index in [9.17, 15) is 9.18 Å². The summed E-state index contributed by atoms with van der Waals surface area (Å²) in [7, 11) is 1.78. The van der Waals surface area contributed by atoms with E-state index >= 15 is 0 Å². The molecule has 1 heterocycles. The predicted octanol–water partition coefficient (Wildman–Crippen LogP) is 4.54. The highest BCUT2D eigenvalue weighted by Gasteiger charge is 2.25. The van der Waals surface area contributed by atoms with Crippen molar-refractivity contribution in [1.29, 1.82) is 0 Å². The van der Waals surface area contributed by atoms with Gasteiger partial charge < -0.3 is 10.3 Å². The van der Waals surface area contributed by atoms with E-state index in [1.165, 1.54) is 12.1 Å². The van der Waals surface area contributed by atoms with Crippen molar-refractivity contribution >= 4 is 28.5 Å². The van der Waals surface area contributed by atoms with Crippen LogP contribution in [0.25, 0.3) is 11.0 Å². The maximum absolute atomic E-state index is 13.8. The van der Waals surface area contributed by atoms with Crippen LogP contribution in [0.15, 0.2) is 72.8 Å². The SMILES string of the molecule is CN(Cc1nc2cc(Cl)ccc2n1Cc1ccccc1)C(C(N)=O)c1cccc(F)c1. The second kappa shape index (κ2) is 8.88. The van der Waals surface area contributed by atoms with Crippen molar-refractivity contribution in [2.45, 2.75) is 19.1 Å². The minimum absolute atomic E-state index is 0.337. The summed E-state index contributed by atoms with van der Waals surface area (Å²) in [6, 6.07) is 20.8. The molecule has 4 rings (SSSR count). The average Bonchev–Trinajstić information content (AvgIpc) is 3.04. The number of carbonyl (C=O) groups excluding carboxylic acids is 1. The molecule has 31 heavy (non-hydrogen) atoms. The minimum Gasteiger partial charge on any atom is -0.368 e. The number of halogens is 2. The van der Waals surface area contributed by atoms with Gasteiger partial charge >= 0.3 is 0 Å². The highest BCUT2D eigenvalue weighted by atomic mass is 35.5. The van der Waals surface area contributed by atoms with Gasteiger partial charge in [0.05, 0.1) is 17.6 Å². The van der Waals surface area contributed by atoms with E-state index in [2.05, 4.69) is 4.57 Å². The summed E-state index contributed by atoms with van der Waals surface area (Å²) in [6.45, 7) is 0.951. The lowest BCUT2D eigenvalue weighted by molar-refractivity contribution is -0.123. The quantitative estimate of drug-likeness (QED) is 0.462. The lowest BCUT2D eigenvalue weighted by atomic mass is 10.0. The smallest absolute Gasteiger partial charge is 0.239 e. The van der Waals surface area contributed by atoms with Gasteiger partial charge in [-0.25, -0.2) is 9.37 Å². The Balaban J connectivity index is 1.72. The summed E-state index contributed by atoms with van der Waals surface area (Å²) in [5.74, 6) is -0.212. The maximum Gasteiger partial charge on any atom is 0.239 e. The fourth-order valence-corrected chi connectivity index (χ4v) is 4.01. The molecule has 1 amide bonds. The summed E-state index contributed by atoms with van der Waals surface area (Å²) < 4.78 is 15.9. The third kappa shape index (κ3) is 4.60. The number of rotatable bonds is 7. The van der Waals surface area contributed by atoms with E-state index in [1.54, 1.807) is 24.1 Å². The number of carbonyl (C=O) groups is 1. The third-order valence-corrected chi connectivity index (χ3v) is 5.47. The number of likely N-dealkylation sites (N-methyl/N-ethyl adjacent to an activating group) is 1. The standard InChI is InChI=1S/C24H22ClFN4O/c1-29(23(24(27)31)17-8-5-9-19(26)12-17)15-22-28-20-13-18(25)10-11-21(20)30(22)14-16-6-3-2-4-7-16/h2-13,23H,14-15H2,1H3,(H2,27,31). The van der Waals surface area contributed by atoms with Crippen molar-refractivity contribution in [3.05, 3.63) is 101 Å². The van der Waals surface area contributed by atoms with Crippen molar-refractivity contribution in [3.63, 3.8) is 0 Å². The molecule has 7 heteroatoms. The summed E-state index contributed by atoms with van der Waals surface area (Å²) in [6.07, 6.45) is 0. The molecule has 158 valence electrons. The fourth-order valence-electron chi connectivity index (χ4n) is 3.84. The van der Waals surface area contributed by atoms with E-state index in [1.807, 2.05) is 48.5 Å². The molecule has 0 spiro atoms. The number of aromatic nitrogens is 2. The van der Waals surface area contributed by atoms with E-state index in [4.69, 9.17) is 22.3 Å². The summed E-state index contributed by atoms with van der Waals surface area (Å²) in [4.78, 5) is 18.8. The molecule has 4 aromatic rings. The van der Waals surface area contributed by atoms with E-state index in [0.29, 0.717) is 23.7 Å². The molecule has 0 aliphatic rings. The summed E-state index contributed by atoms with van der Waals surface area (Å²) in [5, 5.41) is 0.603. The number of hydrogen-bond donors (Lipinski definition) is 1. The lowest BCUT2D eigenvalue weighted by Crippen LogP contribution is -2.35. The molecule has 1 aromatic heterocycles. The molecule has 0 radical (unpaired) electrons. The van der Waals surface area contributed by atoms with Gasteiger partial charge in [0.1, 0.15) is 17.7 Å². The van der Waals surface area contributed by atoms with Crippen molar-refractivity contribution in [2.24, 2.45) is 5.73 Å². The van der Waals surface area contributed by atoms with Gasteiger partial charge in [-0.2, -0.15) is 0 Å². The molecule has 0 aliphatic heterocycles. The van der Waals surface area contributed by atoms with Gasteiger partial charge in [0.15, 0.2) is 0 Å². The Hall–Kier alpha value is -3.22. The number of hydrogen-bond acceptors (Lipinski definition) is 3. The van der Waals surface area contributed by atoms with Crippen molar-refractivity contribution in [2.75, 3.05) is 7.05 Å². The molecule has 0 bridgehead atoms. The van der Waals surface area contributed by atoms with Crippen LogP contribution in [-0.2, 0) is 17.9 Å².